The first-order valence-electron chi connectivity index (χ1n) is 23.3. The second kappa shape index (κ2) is 21.6. The molecule has 0 unspecified atom stereocenters. The van der Waals surface area contributed by atoms with Gasteiger partial charge in [0.15, 0.2) is 0 Å². The average molecular weight is 789 g/mol. The summed E-state index contributed by atoms with van der Waals surface area (Å²) in [7, 11) is 0. The number of hydrazine groups is 1. The van der Waals surface area contributed by atoms with Crippen molar-refractivity contribution in [2.45, 2.75) is 103 Å². The van der Waals surface area contributed by atoms with Crippen molar-refractivity contribution < 1.29 is 0 Å². The van der Waals surface area contributed by atoms with E-state index < -0.39 is 0 Å². The summed E-state index contributed by atoms with van der Waals surface area (Å²) in [6, 6.07) is 62.7. The van der Waals surface area contributed by atoms with Gasteiger partial charge in [-0.2, -0.15) is 0 Å². The lowest BCUT2D eigenvalue weighted by molar-refractivity contribution is 0.554. The SMILES string of the molecule is c1ccc(N(CCCCCCCCCc2cc3ccccc3c3ccccc23)N(CCCCCCCCCc2cc3ccccc3c3ccccc23)c2ccccc2)cc1. The van der Waals surface area contributed by atoms with Gasteiger partial charge >= 0.3 is 0 Å². The lowest BCUT2D eigenvalue weighted by Crippen LogP contribution is -2.44. The highest BCUT2D eigenvalue weighted by Crippen LogP contribution is 2.32. The minimum atomic E-state index is 1.04. The van der Waals surface area contributed by atoms with Crippen molar-refractivity contribution in [1.29, 1.82) is 0 Å². The Hall–Kier alpha value is -5.60. The summed E-state index contributed by atoms with van der Waals surface area (Å²) < 4.78 is 0. The minimum Gasteiger partial charge on any atom is -0.285 e. The van der Waals surface area contributed by atoms with Gasteiger partial charge in [-0.25, -0.2) is 0 Å². The Labute approximate surface area is 359 Å². The molecule has 306 valence electrons. The van der Waals surface area contributed by atoms with Gasteiger partial charge in [-0.3, -0.25) is 10.0 Å². The van der Waals surface area contributed by atoms with Crippen molar-refractivity contribution in [3.63, 3.8) is 0 Å². The fourth-order valence-corrected chi connectivity index (χ4v) is 9.58. The average Bonchev–Trinajstić information content (AvgIpc) is 3.31. The van der Waals surface area contributed by atoms with Crippen LogP contribution in [0.1, 0.15) is 101 Å². The molecule has 0 atom stereocenters. The van der Waals surface area contributed by atoms with Crippen molar-refractivity contribution in [1.82, 2.24) is 0 Å². The molecule has 0 fully saturated rings. The maximum atomic E-state index is 2.57. The van der Waals surface area contributed by atoms with E-state index in [2.05, 4.69) is 180 Å². The molecule has 2 nitrogen and oxygen atoms in total. The van der Waals surface area contributed by atoms with Crippen LogP contribution in [0.25, 0.3) is 43.1 Å². The zero-order chi connectivity index (χ0) is 40.6. The van der Waals surface area contributed by atoms with E-state index in [4.69, 9.17) is 0 Å². The molecule has 0 spiro atoms. The number of hydrogen-bond acceptors (Lipinski definition) is 2. The van der Waals surface area contributed by atoms with Crippen LogP contribution in [0.3, 0.4) is 0 Å². The predicted molar refractivity (Wildman–Crippen MR) is 263 cm³/mol. The third kappa shape index (κ3) is 10.6. The van der Waals surface area contributed by atoms with Crippen molar-refractivity contribution in [2.75, 3.05) is 23.1 Å². The van der Waals surface area contributed by atoms with E-state index >= 15 is 0 Å². The van der Waals surface area contributed by atoms with E-state index in [0.717, 1.165) is 25.9 Å². The number of unbranched alkanes of at least 4 members (excludes halogenated alkanes) is 12. The Balaban J connectivity index is 0.771. The van der Waals surface area contributed by atoms with Gasteiger partial charge in [0.1, 0.15) is 0 Å². The summed E-state index contributed by atoms with van der Waals surface area (Å²) in [4.78, 5) is 0. The second-order valence-corrected chi connectivity index (χ2v) is 17.0. The lowest BCUT2D eigenvalue weighted by atomic mass is 9.94. The van der Waals surface area contributed by atoms with E-state index in [9.17, 15) is 0 Å². The Morgan fingerprint density at radius 2 is 0.550 bits per heavy atom. The van der Waals surface area contributed by atoms with E-state index in [1.807, 2.05) is 0 Å². The van der Waals surface area contributed by atoms with Crippen LogP contribution in [0.2, 0.25) is 0 Å². The molecule has 8 aromatic rings. The summed E-state index contributed by atoms with van der Waals surface area (Å²) in [5.41, 5.74) is 5.60. The van der Waals surface area contributed by atoms with Crippen molar-refractivity contribution in [3.8, 4) is 0 Å². The monoisotopic (exact) mass is 789 g/mol. The highest BCUT2D eigenvalue weighted by molar-refractivity contribution is 6.09. The smallest absolute Gasteiger partial charge is 0.0574 e. The van der Waals surface area contributed by atoms with E-state index in [1.165, 1.54) is 155 Å². The third-order valence-electron chi connectivity index (χ3n) is 12.7. The molecule has 0 aromatic heterocycles. The molecular weight excluding hydrogens is 725 g/mol. The number of anilines is 2. The maximum Gasteiger partial charge on any atom is 0.0574 e. The van der Waals surface area contributed by atoms with Gasteiger partial charge in [0.05, 0.1) is 11.4 Å². The highest BCUT2D eigenvalue weighted by Gasteiger charge is 2.17. The quantitative estimate of drug-likeness (QED) is 0.0362. The molecule has 0 heterocycles. The Kier molecular flexibility index (Phi) is 14.8. The van der Waals surface area contributed by atoms with Gasteiger partial charge < -0.3 is 0 Å². The molecule has 8 rings (SSSR count). The number of rotatable bonds is 23. The van der Waals surface area contributed by atoms with Crippen molar-refractivity contribution in [3.05, 3.63) is 181 Å². The summed E-state index contributed by atoms with van der Waals surface area (Å²) in [5, 5.41) is 16.3. The third-order valence-corrected chi connectivity index (χ3v) is 12.7. The van der Waals surface area contributed by atoms with Gasteiger partial charge in [0, 0.05) is 13.1 Å². The summed E-state index contributed by atoms with van der Waals surface area (Å²) in [6.07, 6.45) is 20.4. The fourth-order valence-electron chi connectivity index (χ4n) is 9.58. The normalized spacial score (nSPS) is 11.5. The van der Waals surface area contributed by atoms with Crippen LogP contribution in [-0.2, 0) is 12.8 Å². The van der Waals surface area contributed by atoms with Crippen LogP contribution >= 0.6 is 0 Å². The number of hydrogen-bond donors (Lipinski definition) is 0. The van der Waals surface area contributed by atoms with Gasteiger partial charge in [0.25, 0.3) is 0 Å². The zero-order valence-electron chi connectivity index (χ0n) is 35.8. The molecule has 0 N–H and O–H groups in total. The Bertz CT molecular complexity index is 2340. The maximum absolute atomic E-state index is 2.57. The summed E-state index contributed by atoms with van der Waals surface area (Å²) >= 11 is 0. The van der Waals surface area contributed by atoms with Gasteiger partial charge in [-0.05, 0) is 117 Å². The molecule has 2 heteroatoms. The largest absolute Gasteiger partial charge is 0.285 e. The van der Waals surface area contributed by atoms with Crippen LogP contribution in [-0.4, -0.2) is 13.1 Å². The van der Waals surface area contributed by atoms with Crippen molar-refractivity contribution in [2.24, 2.45) is 0 Å². The Morgan fingerprint density at radius 1 is 0.250 bits per heavy atom. The Morgan fingerprint density at radius 3 is 0.950 bits per heavy atom. The molecule has 60 heavy (non-hydrogen) atoms. The topological polar surface area (TPSA) is 6.48 Å². The number of benzene rings is 8. The molecule has 0 aliphatic rings. The molecule has 0 saturated carbocycles. The predicted octanol–water partition coefficient (Wildman–Crippen LogP) is 16.5. The van der Waals surface area contributed by atoms with Gasteiger partial charge in [-0.1, -0.05) is 210 Å². The molecule has 0 bridgehead atoms. The fraction of sp³-hybridized carbons (Fsp3) is 0.310. The number of fused-ring (bicyclic) bond motifs is 6. The van der Waals surface area contributed by atoms with Gasteiger partial charge in [0.2, 0.25) is 0 Å². The zero-order valence-corrected chi connectivity index (χ0v) is 35.8. The first-order chi connectivity index (χ1) is 29.8. The standard InChI is InChI=1S/C58H64N2/c1(3-7-13-29-47-45-49-31-19-21-37-53(49)57-41-25-23-39-55(47)57)5-9-27-43-59(51-33-15-11-16-34-51)60(52-35-17-12-18-36-52)44-28-10-6-2-4-8-14-30-48-46-50-32-20-22-38-54(50)58-42-26-24-40-56(48)58/h11-12,15-26,31-42,45-46H,1-10,13-14,27-30,43-44H2. The molecule has 0 radical (unpaired) electrons. The molecule has 8 aromatic carbocycles. The molecular formula is C58H64N2. The highest BCUT2D eigenvalue weighted by atomic mass is 15.6. The van der Waals surface area contributed by atoms with Crippen LogP contribution in [0.15, 0.2) is 170 Å². The lowest BCUT2D eigenvalue weighted by Gasteiger charge is -2.39. The van der Waals surface area contributed by atoms with E-state index in [-0.39, 0.29) is 0 Å². The van der Waals surface area contributed by atoms with E-state index in [1.54, 1.807) is 0 Å². The number of nitrogens with zero attached hydrogens (tertiary/aromatic N) is 2. The summed E-state index contributed by atoms with van der Waals surface area (Å²) in [5.74, 6) is 0. The molecule has 0 amide bonds. The minimum absolute atomic E-state index is 1.04. The summed E-state index contributed by atoms with van der Waals surface area (Å²) in [6.45, 7) is 2.08. The van der Waals surface area contributed by atoms with E-state index in [0.29, 0.717) is 0 Å². The van der Waals surface area contributed by atoms with Crippen LogP contribution in [0, 0.1) is 0 Å². The van der Waals surface area contributed by atoms with Crippen LogP contribution in [0.4, 0.5) is 11.4 Å². The second-order valence-electron chi connectivity index (χ2n) is 17.0. The van der Waals surface area contributed by atoms with Gasteiger partial charge in [-0.15, -0.1) is 0 Å². The first-order valence-corrected chi connectivity index (χ1v) is 23.3. The number of aryl methyl sites for hydroxylation is 2. The molecule has 0 saturated heterocycles. The molecule has 0 aliphatic heterocycles. The number of para-hydroxylation sites is 2. The van der Waals surface area contributed by atoms with Crippen LogP contribution < -0.4 is 10.0 Å². The first kappa shape index (κ1) is 41.1. The molecule has 0 aliphatic carbocycles. The van der Waals surface area contributed by atoms with Crippen LogP contribution in [0.5, 0.6) is 0 Å². The van der Waals surface area contributed by atoms with Crippen molar-refractivity contribution >= 4 is 54.5 Å².